The van der Waals surface area contributed by atoms with E-state index in [1.54, 1.807) is 0 Å². The third kappa shape index (κ3) is 2.27. The van der Waals surface area contributed by atoms with Gasteiger partial charge in [-0.25, -0.2) is 22.0 Å². The summed E-state index contributed by atoms with van der Waals surface area (Å²) < 4.78 is 67.2. The topological polar surface area (TPSA) is 26.0 Å². The summed E-state index contributed by atoms with van der Waals surface area (Å²) in [5.74, 6) is -6.61. The average Bonchev–Trinajstić information content (AvgIpc) is 2.41. The zero-order valence-electron chi connectivity index (χ0n) is 10.4. The molecular formula is C14H10F5N. The Labute approximate surface area is 111 Å². The van der Waals surface area contributed by atoms with Gasteiger partial charge in [0.05, 0.1) is 6.04 Å². The van der Waals surface area contributed by atoms with Crippen LogP contribution in [0.1, 0.15) is 22.7 Å². The summed E-state index contributed by atoms with van der Waals surface area (Å²) in [6, 6.07) is 2.11. The first-order valence-corrected chi connectivity index (χ1v) is 5.68. The van der Waals surface area contributed by atoms with E-state index >= 15 is 0 Å². The molecule has 2 aromatic rings. The van der Waals surface area contributed by atoms with Crippen LogP contribution in [0.4, 0.5) is 22.0 Å². The Balaban J connectivity index is 2.61. The van der Waals surface area contributed by atoms with Crippen molar-refractivity contribution in [3.8, 4) is 0 Å². The zero-order valence-corrected chi connectivity index (χ0v) is 10.4. The SMILES string of the molecule is Cc1ccc(F)c(C(N)c2ccc(F)c(F)c2F)c1F. The van der Waals surface area contributed by atoms with Crippen molar-refractivity contribution < 1.29 is 22.0 Å². The third-order valence-electron chi connectivity index (χ3n) is 3.03. The Morgan fingerprint density at radius 1 is 0.800 bits per heavy atom. The van der Waals surface area contributed by atoms with Crippen LogP contribution in [0.2, 0.25) is 0 Å². The summed E-state index contributed by atoms with van der Waals surface area (Å²) in [5, 5.41) is 0. The molecule has 0 aliphatic heterocycles. The Morgan fingerprint density at radius 3 is 2.05 bits per heavy atom. The molecule has 0 saturated heterocycles. The molecule has 6 heteroatoms. The lowest BCUT2D eigenvalue weighted by Crippen LogP contribution is -2.18. The first-order valence-electron chi connectivity index (χ1n) is 5.68. The second-order valence-electron chi connectivity index (χ2n) is 4.33. The molecule has 1 nitrogen and oxygen atoms in total. The summed E-state index contributed by atoms with van der Waals surface area (Å²) in [4.78, 5) is 0. The van der Waals surface area contributed by atoms with E-state index in [0.717, 1.165) is 12.1 Å². The van der Waals surface area contributed by atoms with Gasteiger partial charge >= 0.3 is 0 Å². The number of hydrogen-bond acceptors (Lipinski definition) is 1. The second-order valence-corrected chi connectivity index (χ2v) is 4.33. The molecule has 106 valence electrons. The van der Waals surface area contributed by atoms with Gasteiger partial charge in [-0.1, -0.05) is 12.1 Å². The molecule has 0 saturated carbocycles. The number of aryl methyl sites for hydroxylation is 1. The van der Waals surface area contributed by atoms with Crippen LogP contribution in [0.15, 0.2) is 24.3 Å². The number of benzene rings is 2. The van der Waals surface area contributed by atoms with E-state index in [0.29, 0.717) is 6.07 Å². The van der Waals surface area contributed by atoms with Crippen LogP contribution < -0.4 is 5.73 Å². The minimum absolute atomic E-state index is 0.111. The van der Waals surface area contributed by atoms with Crippen molar-refractivity contribution in [2.24, 2.45) is 5.73 Å². The van der Waals surface area contributed by atoms with Crippen molar-refractivity contribution in [2.45, 2.75) is 13.0 Å². The van der Waals surface area contributed by atoms with E-state index in [1.807, 2.05) is 0 Å². The lowest BCUT2D eigenvalue weighted by atomic mass is 9.96. The van der Waals surface area contributed by atoms with Gasteiger partial charge in [0.2, 0.25) is 0 Å². The predicted octanol–water partition coefficient (Wildman–Crippen LogP) is 3.74. The highest BCUT2D eigenvalue weighted by Crippen LogP contribution is 2.29. The van der Waals surface area contributed by atoms with E-state index < -0.39 is 46.3 Å². The second kappa shape index (κ2) is 5.20. The van der Waals surface area contributed by atoms with Crippen molar-refractivity contribution in [1.29, 1.82) is 0 Å². The highest BCUT2D eigenvalue weighted by molar-refractivity contribution is 5.37. The van der Waals surface area contributed by atoms with Gasteiger partial charge in [-0.3, -0.25) is 0 Å². The standard InChI is InChI=1S/C14H10F5N/c1-6-2-4-8(15)10(11(6)17)14(20)7-3-5-9(16)13(19)12(7)18/h2-5,14H,20H2,1H3. The van der Waals surface area contributed by atoms with Gasteiger partial charge in [-0.15, -0.1) is 0 Å². The van der Waals surface area contributed by atoms with Crippen LogP contribution in [0.5, 0.6) is 0 Å². The lowest BCUT2D eigenvalue weighted by molar-refractivity contribution is 0.436. The first kappa shape index (κ1) is 14.5. The maximum Gasteiger partial charge on any atom is 0.194 e. The predicted molar refractivity (Wildman–Crippen MR) is 63.4 cm³/mol. The van der Waals surface area contributed by atoms with Gasteiger partial charge in [0.1, 0.15) is 11.6 Å². The van der Waals surface area contributed by atoms with Crippen LogP contribution in [-0.4, -0.2) is 0 Å². The third-order valence-corrected chi connectivity index (χ3v) is 3.03. The number of hydrogen-bond donors (Lipinski definition) is 1. The van der Waals surface area contributed by atoms with Crippen LogP contribution in [0.3, 0.4) is 0 Å². The van der Waals surface area contributed by atoms with Gasteiger partial charge < -0.3 is 5.73 Å². The summed E-state index contributed by atoms with van der Waals surface area (Å²) in [6.45, 7) is 1.38. The number of nitrogens with two attached hydrogens (primary N) is 1. The minimum atomic E-state index is -1.73. The minimum Gasteiger partial charge on any atom is -0.320 e. The highest BCUT2D eigenvalue weighted by atomic mass is 19.2. The van der Waals surface area contributed by atoms with Crippen molar-refractivity contribution >= 4 is 0 Å². The molecule has 0 aliphatic carbocycles. The van der Waals surface area contributed by atoms with Gasteiger partial charge in [-0.2, -0.15) is 0 Å². The van der Waals surface area contributed by atoms with Crippen LogP contribution in [0.25, 0.3) is 0 Å². The Kier molecular flexibility index (Phi) is 3.76. The molecule has 0 spiro atoms. The van der Waals surface area contributed by atoms with E-state index in [1.165, 1.54) is 13.0 Å². The molecule has 0 bridgehead atoms. The van der Waals surface area contributed by atoms with Gasteiger partial charge in [0, 0.05) is 11.1 Å². The van der Waals surface area contributed by atoms with Gasteiger partial charge in [-0.05, 0) is 24.6 Å². The van der Waals surface area contributed by atoms with Gasteiger partial charge in [0.15, 0.2) is 17.5 Å². The maximum atomic E-state index is 13.9. The number of halogens is 5. The fourth-order valence-electron chi connectivity index (χ4n) is 1.90. The molecule has 1 unspecified atom stereocenters. The average molecular weight is 287 g/mol. The summed E-state index contributed by atoms with van der Waals surface area (Å²) in [7, 11) is 0. The highest BCUT2D eigenvalue weighted by Gasteiger charge is 2.25. The molecule has 1 atom stereocenters. The molecule has 2 rings (SSSR count). The van der Waals surface area contributed by atoms with Crippen LogP contribution in [0, 0.1) is 36.0 Å². The number of rotatable bonds is 2. The fourth-order valence-corrected chi connectivity index (χ4v) is 1.90. The van der Waals surface area contributed by atoms with Crippen molar-refractivity contribution in [3.63, 3.8) is 0 Å². The van der Waals surface area contributed by atoms with E-state index in [-0.39, 0.29) is 5.56 Å². The summed E-state index contributed by atoms with van der Waals surface area (Å²) in [5.41, 5.74) is 4.60. The van der Waals surface area contributed by atoms with Crippen LogP contribution >= 0.6 is 0 Å². The smallest absolute Gasteiger partial charge is 0.194 e. The van der Waals surface area contributed by atoms with Crippen molar-refractivity contribution in [2.75, 3.05) is 0 Å². The Hall–Kier alpha value is -1.95. The molecule has 0 amide bonds. The molecule has 0 fully saturated rings. The molecule has 2 N–H and O–H groups in total. The molecule has 20 heavy (non-hydrogen) atoms. The first-order chi connectivity index (χ1) is 9.34. The maximum absolute atomic E-state index is 13.9. The Morgan fingerprint density at radius 2 is 1.40 bits per heavy atom. The van der Waals surface area contributed by atoms with E-state index in [2.05, 4.69) is 0 Å². The fraction of sp³-hybridized carbons (Fsp3) is 0.143. The monoisotopic (exact) mass is 287 g/mol. The molecule has 0 aromatic heterocycles. The van der Waals surface area contributed by atoms with E-state index in [4.69, 9.17) is 5.73 Å². The quantitative estimate of drug-likeness (QED) is 0.661. The lowest BCUT2D eigenvalue weighted by Gasteiger charge is -2.16. The molecular weight excluding hydrogens is 277 g/mol. The summed E-state index contributed by atoms with van der Waals surface area (Å²) in [6.07, 6.45) is 0. The molecule has 0 radical (unpaired) electrons. The molecule has 2 aromatic carbocycles. The summed E-state index contributed by atoms with van der Waals surface area (Å²) >= 11 is 0. The molecule has 0 heterocycles. The van der Waals surface area contributed by atoms with E-state index in [9.17, 15) is 22.0 Å². The molecule has 0 aliphatic rings. The normalized spacial score (nSPS) is 12.6. The van der Waals surface area contributed by atoms with Gasteiger partial charge in [0.25, 0.3) is 0 Å². The van der Waals surface area contributed by atoms with Crippen molar-refractivity contribution in [3.05, 3.63) is 70.0 Å². The largest absolute Gasteiger partial charge is 0.320 e. The Bertz CT molecular complexity index is 669. The van der Waals surface area contributed by atoms with Crippen LogP contribution in [-0.2, 0) is 0 Å². The van der Waals surface area contributed by atoms with Crippen molar-refractivity contribution in [1.82, 2.24) is 0 Å². The zero-order chi connectivity index (χ0) is 15.0.